The molecule has 0 bridgehead atoms. The molecule has 1 amide bonds. The average Bonchev–Trinajstić information content (AvgIpc) is 2.66. The van der Waals surface area contributed by atoms with Crippen LogP contribution in [0.4, 0.5) is 13.2 Å². The highest BCUT2D eigenvalue weighted by atomic mass is 19.4. The van der Waals surface area contributed by atoms with E-state index in [1.54, 1.807) is 30.7 Å². The zero-order valence-electron chi connectivity index (χ0n) is 13.5. The largest absolute Gasteiger partial charge is 0.416 e. The van der Waals surface area contributed by atoms with Gasteiger partial charge in [-0.25, -0.2) is 0 Å². The molecule has 0 saturated heterocycles. The van der Waals surface area contributed by atoms with E-state index in [2.05, 4.69) is 15.3 Å². The Bertz CT molecular complexity index is 894. The van der Waals surface area contributed by atoms with Gasteiger partial charge in [0.25, 0.3) is 5.91 Å². The number of halogens is 3. The minimum absolute atomic E-state index is 0.157. The molecular formula is C19H14F3N3O. The summed E-state index contributed by atoms with van der Waals surface area (Å²) in [5, 5.41) is 2.70. The van der Waals surface area contributed by atoms with Crippen LogP contribution in [0.25, 0.3) is 11.3 Å². The standard InChI is InChI=1S/C19H14F3N3O/c20-19(21,22)16-7-5-13(6-8-16)18(26)25-12-15-4-2-10-24-17(15)14-3-1-9-23-11-14/h1-11H,12H2,(H,25,26). The Morgan fingerprint density at radius 3 is 2.38 bits per heavy atom. The van der Waals surface area contributed by atoms with Crippen LogP contribution >= 0.6 is 0 Å². The number of amides is 1. The number of benzene rings is 1. The minimum atomic E-state index is -4.43. The predicted molar refractivity (Wildman–Crippen MR) is 90.1 cm³/mol. The average molecular weight is 357 g/mol. The fraction of sp³-hybridized carbons (Fsp3) is 0.105. The van der Waals surface area contributed by atoms with Crippen LogP contribution in [0.15, 0.2) is 67.1 Å². The second-order valence-corrected chi connectivity index (χ2v) is 5.51. The first kappa shape index (κ1) is 17.6. The zero-order valence-corrected chi connectivity index (χ0v) is 13.5. The van der Waals surface area contributed by atoms with E-state index in [4.69, 9.17) is 0 Å². The Hall–Kier alpha value is -3.22. The summed E-state index contributed by atoms with van der Waals surface area (Å²) in [7, 11) is 0. The molecule has 0 aliphatic carbocycles. The van der Waals surface area contributed by atoms with Crippen molar-refractivity contribution in [3.63, 3.8) is 0 Å². The van der Waals surface area contributed by atoms with Gasteiger partial charge in [-0.3, -0.25) is 14.8 Å². The highest BCUT2D eigenvalue weighted by molar-refractivity contribution is 5.94. The highest BCUT2D eigenvalue weighted by Crippen LogP contribution is 2.29. The van der Waals surface area contributed by atoms with Crippen molar-refractivity contribution in [3.8, 4) is 11.3 Å². The van der Waals surface area contributed by atoms with Crippen LogP contribution in [-0.2, 0) is 12.7 Å². The molecule has 3 aromatic rings. The van der Waals surface area contributed by atoms with Crippen molar-refractivity contribution in [1.29, 1.82) is 0 Å². The van der Waals surface area contributed by atoms with Crippen molar-refractivity contribution in [1.82, 2.24) is 15.3 Å². The Morgan fingerprint density at radius 1 is 1.00 bits per heavy atom. The van der Waals surface area contributed by atoms with Crippen LogP contribution in [0.3, 0.4) is 0 Å². The fourth-order valence-corrected chi connectivity index (χ4v) is 2.43. The molecule has 1 N–H and O–H groups in total. The van der Waals surface area contributed by atoms with E-state index in [1.165, 1.54) is 0 Å². The molecule has 1 aromatic carbocycles. The molecule has 4 nitrogen and oxygen atoms in total. The molecule has 3 rings (SSSR count). The SMILES string of the molecule is O=C(NCc1cccnc1-c1cccnc1)c1ccc(C(F)(F)F)cc1. The molecule has 0 saturated carbocycles. The lowest BCUT2D eigenvalue weighted by Crippen LogP contribution is -2.23. The molecule has 0 radical (unpaired) electrons. The maximum Gasteiger partial charge on any atom is 0.416 e. The van der Waals surface area contributed by atoms with Crippen molar-refractivity contribution < 1.29 is 18.0 Å². The topological polar surface area (TPSA) is 54.9 Å². The molecule has 0 aliphatic rings. The molecule has 0 unspecified atom stereocenters. The lowest BCUT2D eigenvalue weighted by atomic mass is 10.1. The van der Waals surface area contributed by atoms with Crippen LogP contribution in [0, 0.1) is 0 Å². The number of carbonyl (C=O) groups excluding carboxylic acids is 1. The van der Waals surface area contributed by atoms with Gasteiger partial charge in [0.1, 0.15) is 0 Å². The lowest BCUT2D eigenvalue weighted by molar-refractivity contribution is -0.137. The van der Waals surface area contributed by atoms with E-state index in [-0.39, 0.29) is 12.1 Å². The summed E-state index contributed by atoms with van der Waals surface area (Å²) in [5.41, 5.74) is 1.64. The molecule has 0 aliphatic heterocycles. The number of nitrogens with one attached hydrogen (secondary N) is 1. The van der Waals surface area contributed by atoms with Gasteiger partial charge in [0.2, 0.25) is 0 Å². The highest BCUT2D eigenvalue weighted by Gasteiger charge is 2.30. The van der Waals surface area contributed by atoms with Crippen molar-refractivity contribution in [2.75, 3.05) is 0 Å². The van der Waals surface area contributed by atoms with Gasteiger partial charge in [-0.05, 0) is 48.0 Å². The van der Waals surface area contributed by atoms with Gasteiger partial charge >= 0.3 is 6.18 Å². The predicted octanol–water partition coefficient (Wildman–Crippen LogP) is 4.09. The van der Waals surface area contributed by atoms with Gasteiger partial charge in [0.05, 0.1) is 11.3 Å². The van der Waals surface area contributed by atoms with Gasteiger partial charge in [-0.1, -0.05) is 6.07 Å². The maximum absolute atomic E-state index is 12.6. The molecule has 132 valence electrons. The first-order valence-electron chi connectivity index (χ1n) is 7.75. The molecule has 2 heterocycles. The second-order valence-electron chi connectivity index (χ2n) is 5.51. The van der Waals surface area contributed by atoms with Crippen molar-refractivity contribution in [2.24, 2.45) is 0 Å². The molecule has 26 heavy (non-hydrogen) atoms. The molecule has 2 aromatic heterocycles. The van der Waals surface area contributed by atoms with Crippen molar-refractivity contribution >= 4 is 5.91 Å². The van der Waals surface area contributed by atoms with Gasteiger partial charge in [0.15, 0.2) is 0 Å². The maximum atomic E-state index is 12.6. The number of pyridine rings is 2. The van der Waals surface area contributed by atoms with Gasteiger partial charge < -0.3 is 5.32 Å². The number of hydrogen-bond acceptors (Lipinski definition) is 3. The van der Waals surface area contributed by atoms with Crippen LogP contribution < -0.4 is 5.32 Å². The molecule has 7 heteroatoms. The second kappa shape index (κ2) is 7.35. The summed E-state index contributed by atoms with van der Waals surface area (Å²) in [6.07, 6.45) is 0.537. The van der Waals surface area contributed by atoms with E-state index in [0.717, 1.165) is 35.4 Å². The number of carbonyl (C=O) groups is 1. The normalized spacial score (nSPS) is 11.2. The molecule has 0 atom stereocenters. The molecular weight excluding hydrogens is 343 g/mol. The Labute approximate surface area is 147 Å². The van der Waals surface area contributed by atoms with Gasteiger partial charge in [-0.15, -0.1) is 0 Å². The monoisotopic (exact) mass is 357 g/mol. The number of hydrogen-bond donors (Lipinski definition) is 1. The van der Waals surface area contributed by atoms with E-state index >= 15 is 0 Å². The van der Waals surface area contributed by atoms with Gasteiger partial charge in [0, 0.05) is 36.3 Å². The van der Waals surface area contributed by atoms with Crippen LogP contribution in [0.2, 0.25) is 0 Å². The van der Waals surface area contributed by atoms with Crippen molar-refractivity contribution in [2.45, 2.75) is 12.7 Å². The number of aromatic nitrogens is 2. The third-order valence-electron chi connectivity index (χ3n) is 3.74. The third kappa shape index (κ3) is 4.05. The van der Waals surface area contributed by atoms with E-state index in [9.17, 15) is 18.0 Å². The summed E-state index contributed by atoms with van der Waals surface area (Å²) < 4.78 is 37.7. The summed E-state index contributed by atoms with van der Waals surface area (Å²) in [6.45, 7) is 0.192. The van der Waals surface area contributed by atoms with Crippen LogP contribution in [-0.4, -0.2) is 15.9 Å². The smallest absolute Gasteiger partial charge is 0.348 e. The summed E-state index contributed by atoms with van der Waals surface area (Å²) >= 11 is 0. The quantitative estimate of drug-likeness (QED) is 0.765. The summed E-state index contributed by atoms with van der Waals surface area (Å²) in [6, 6.07) is 11.3. The summed E-state index contributed by atoms with van der Waals surface area (Å²) in [4.78, 5) is 20.6. The number of alkyl halides is 3. The Kier molecular flexibility index (Phi) is 4.97. The van der Waals surface area contributed by atoms with Crippen molar-refractivity contribution in [3.05, 3.63) is 83.8 Å². The Balaban J connectivity index is 1.73. The molecule has 0 spiro atoms. The number of nitrogens with zero attached hydrogens (tertiary/aromatic N) is 2. The minimum Gasteiger partial charge on any atom is -0.348 e. The fourth-order valence-electron chi connectivity index (χ4n) is 2.43. The van der Waals surface area contributed by atoms with E-state index in [1.807, 2.05) is 12.1 Å². The Morgan fingerprint density at radius 2 is 1.73 bits per heavy atom. The first-order chi connectivity index (χ1) is 12.4. The third-order valence-corrected chi connectivity index (χ3v) is 3.74. The van der Waals surface area contributed by atoms with Crippen LogP contribution in [0.5, 0.6) is 0 Å². The molecule has 0 fully saturated rings. The van der Waals surface area contributed by atoms with E-state index < -0.39 is 17.6 Å². The number of rotatable bonds is 4. The lowest BCUT2D eigenvalue weighted by Gasteiger charge is -2.11. The zero-order chi connectivity index (χ0) is 18.6. The van der Waals surface area contributed by atoms with Crippen LogP contribution in [0.1, 0.15) is 21.5 Å². The summed E-state index contributed by atoms with van der Waals surface area (Å²) in [5.74, 6) is -0.459. The first-order valence-corrected chi connectivity index (χ1v) is 7.75. The van der Waals surface area contributed by atoms with E-state index in [0.29, 0.717) is 5.69 Å². The van der Waals surface area contributed by atoms with Gasteiger partial charge in [-0.2, -0.15) is 13.2 Å².